The van der Waals surface area contributed by atoms with E-state index in [0.717, 1.165) is 12.1 Å². The number of carbonyl (C=O) groups is 1. The van der Waals surface area contributed by atoms with E-state index in [-0.39, 0.29) is 18.0 Å². The van der Waals surface area contributed by atoms with Gasteiger partial charge in [-0.3, -0.25) is 4.79 Å². The summed E-state index contributed by atoms with van der Waals surface area (Å²) >= 11 is 0. The van der Waals surface area contributed by atoms with Crippen molar-refractivity contribution in [2.75, 3.05) is 25.6 Å². The van der Waals surface area contributed by atoms with E-state index < -0.39 is 26.3 Å². The van der Waals surface area contributed by atoms with Crippen LogP contribution in [-0.4, -0.2) is 39.1 Å². The maximum absolute atomic E-state index is 13.5. The SMILES string of the molecule is CN(C)C(=O)CCS(=O)(=O)c1ccc(N)cc1F. The highest BCUT2D eigenvalue weighted by Crippen LogP contribution is 2.19. The fourth-order valence-corrected chi connectivity index (χ4v) is 2.62. The topological polar surface area (TPSA) is 80.5 Å². The van der Waals surface area contributed by atoms with Crippen molar-refractivity contribution < 1.29 is 17.6 Å². The van der Waals surface area contributed by atoms with Gasteiger partial charge in [-0.1, -0.05) is 0 Å². The molecule has 0 aliphatic rings. The summed E-state index contributed by atoms with van der Waals surface area (Å²) in [6.45, 7) is 0. The lowest BCUT2D eigenvalue weighted by molar-refractivity contribution is -0.128. The Morgan fingerprint density at radius 2 is 2.00 bits per heavy atom. The zero-order chi connectivity index (χ0) is 13.9. The smallest absolute Gasteiger partial charge is 0.223 e. The van der Waals surface area contributed by atoms with Crippen LogP contribution in [0.2, 0.25) is 0 Å². The number of hydrogen-bond donors (Lipinski definition) is 1. The molecule has 18 heavy (non-hydrogen) atoms. The Kier molecular flexibility index (Phi) is 4.28. The highest BCUT2D eigenvalue weighted by molar-refractivity contribution is 7.91. The summed E-state index contributed by atoms with van der Waals surface area (Å²) in [6, 6.07) is 3.37. The number of anilines is 1. The van der Waals surface area contributed by atoms with E-state index in [1.807, 2.05) is 0 Å². The highest BCUT2D eigenvalue weighted by Gasteiger charge is 2.21. The van der Waals surface area contributed by atoms with Crippen molar-refractivity contribution in [2.45, 2.75) is 11.3 Å². The van der Waals surface area contributed by atoms with Crippen molar-refractivity contribution in [1.82, 2.24) is 4.90 Å². The van der Waals surface area contributed by atoms with Gasteiger partial charge in [-0.2, -0.15) is 0 Å². The number of nitrogens with two attached hydrogens (primary N) is 1. The summed E-state index contributed by atoms with van der Waals surface area (Å²) in [6.07, 6.45) is -0.181. The number of amides is 1. The first-order valence-electron chi connectivity index (χ1n) is 5.22. The molecule has 0 radical (unpaired) electrons. The van der Waals surface area contributed by atoms with Crippen LogP contribution in [0.25, 0.3) is 0 Å². The minimum Gasteiger partial charge on any atom is -0.399 e. The van der Waals surface area contributed by atoms with Crippen LogP contribution in [0.3, 0.4) is 0 Å². The Morgan fingerprint density at radius 3 is 2.50 bits per heavy atom. The zero-order valence-corrected chi connectivity index (χ0v) is 11.0. The van der Waals surface area contributed by atoms with E-state index in [9.17, 15) is 17.6 Å². The number of rotatable bonds is 4. The van der Waals surface area contributed by atoms with Crippen LogP contribution >= 0.6 is 0 Å². The Morgan fingerprint density at radius 1 is 1.39 bits per heavy atom. The number of carbonyl (C=O) groups excluding carboxylic acids is 1. The van der Waals surface area contributed by atoms with Gasteiger partial charge >= 0.3 is 0 Å². The van der Waals surface area contributed by atoms with Gasteiger partial charge in [0.05, 0.1) is 5.75 Å². The van der Waals surface area contributed by atoms with E-state index >= 15 is 0 Å². The minimum absolute atomic E-state index is 0.149. The number of benzene rings is 1. The maximum atomic E-state index is 13.5. The first kappa shape index (κ1) is 14.4. The van der Waals surface area contributed by atoms with Crippen molar-refractivity contribution in [3.05, 3.63) is 24.0 Å². The average Bonchev–Trinajstić information content (AvgIpc) is 2.25. The maximum Gasteiger partial charge on any atom is 0.223 e. The van der Waals surface area contributed by atoms with Gasteiger partial charge < -0.3 is 10.6 Å². The molecule has 0 aromatic heterocycles. The van der Waals surface area contributed by atoms with Crippen LogP contribution in [0.4, 0.5) is 10.1 Å². The van der Waals surface area contributed by atoms with Crippen LogP contribution in [0.15, 0.2) is 23.1 Å². The van der Waals surface area contributed by atoms with Crippen LogP contribution in [0.5, 0.6) is 0 Å². The Bertz CT molecular complexity index is 555. The molecule has 0 spiro atoms. The van der Waals surface area contributed by atoms with Crippen LogP contribution in [-0.2, 0) is 14.6 Å². The molecule has 1 aromatic carbocycles. The molecule has 2 N–H and O–H groups in total. The largest absolute Gasteiger partial charge is 0.399 e. The molecule has 0 saturated carbocycles. The van der Waals surface area contributed by atoms with Crippen molar-refractivity contribution in [3.8, 4) is 0 Å². The zero-order valence-electron chi connectivity index (χ0n) is 10.2. The van der Waals surface area contributed by atoms with Gasteiger partial charge in [0.2, 0.25) is 5.91 Å². The van der Waals surface area contributed by atoms with Gasteiger partial charge in [-0.25, -0.2) is 12.8 Å². The van der Waals surface area contributed by atoms with Gasteiger partial charge in [0, 0.05) is 26.2 Å². The second-order valence-electron chi connectivity index (χ2n) is 4.05. The van der Waals surface area contributed by atoms with E-state index in [0.29, 0.717) is 0 Å². The van der Waals surface area contributed by atoms with E-state index in [1.165, 1.54) is 25.1 Å². The summed E-state index contributed by atoms with van der Waals surface area (Å²) in [4.78, 5) is 12.2. The molecule has 0 saturated heterocycles. The standard InChI is InChI=1S/C11H15FN2O3S/c1-14(2)11(15)5-6-18(16,17)10-4-3-8(13)7-9(10)12/h3-4,7H,5-6,13H2,1-2H3. The van der Waals surface area contributed by atoms with Gasteiger partial charge in [0.15, 0.2) is 9.84 Å². The molecule has 7 heteroatoms. The molecule has 0 aliphatic heterocycles. The lowest BCUT2D eigenvalue weighted by Crippen LogP contribution is -2.24. The molecule has 0 atom stereocenters. The normalized spacial score (nSPS) is 11.3. The van der Waals surface area contributed by atoms with Crippen LogP contribution < -0.4 is 5.73 Å². The molecule has 1 aromatic rings. The number of halogens is 1. The van der Waals surface area contributed by atoms with Crippen molar-refractivity contribution in [1.29, 1.82) is 0 Å². The summed E-state index contributed by atoms with van der Waals surface area (Å²) in [5.41, 5.74) is 5.49. The van der Waals surface area contributed by atoms with Crippen molar-refractivity contribution >= 4 is 21.4 Å². The monoisotopic (exact) mass is 274 g/mol. The molecule has 1 amide bonds. The first-order chi connectivity index (χ1) is 8.24. The van der Waals surface area contributed by atoms with Gasteiger partial charge in [-0.15, -0.1) is 0 Å². The summed E-state index contributed by atoms with van der Waals surface area (Å²) in [5, 5.41) is 0. The van der Waals surface area contributed by atoms with Crippen LogP contribution in [0.1, 0.15) is 6.42 Å². The van der Waals surface area contributed by atoms with Crippen molar-refractivity contribution in [2.24, 2.45) is 0 Å². The lowest BCUT2D eigenvalue weighted by atomic mass is 10.3. The highest BCUT2D eigenvalue weighted by atomic mass is 32.2. The second kappa shape index (κ2) is 5.34. The van der Waals surface area contributed by atoms with Crippen LogP contribution in [0, 0.1) is 5.82 Å². The third kappa shape index (κ3) is 3.43. The number of nitrogens with zero attached hydrogens (tertiary/aromatic N) is 1. The molecule has 5 nitrogen and oxygen atoms in total. The van der Waals surface area contributed by atoms with E-state index in [4.69, 9.17) is 5.73 Å². The third-order valence-corrected chi connectivity index (χ3v) is 4.12. The summed E-state index contributed by atoms with van der Waals surface area (Å²) in [5.74, 6) is -1.65. The molecule has 0 aliphatic carbocycles. The first-order valence-corrected chi connectivity index (χ1v) is 6.87. The molecule has 0 heterocycles. The molecule has 0 bridgehead atoms. The molecular weight excluding hydrogens is 259 g/mol. The lowest BCUT2D eigenvalue weighted by Gasteiger charge is -2.10. The predicted octanol–water partition coefficient (Wildman–Crippen LogP) is 0.660. The molecule has 1 rings (SSSR count). The predicted molar refractivity (Wildman–Crippen MR) is 66.2 cm³/mol. The Labute approximate surface area is 105 Å². The Hall–Kier alpha value is -1.63. The molecule has 0 unspecified atom stereocenters. The van der Waals surface area contributed by atoms with E-state index in [1.54, 1.807) is 0 Å². The fraction of sp³-hybridized carbons (Fsp3) is 0.364. The Balaban J connectivity index is 2.90. The third-order valence-electron chi connectivity index (χ3n) is 2.37. The minimum atomic E-state index is -3.81. The van der Waals surface area contributed by atoms with E-state index in [2.05, 4.69) is 0 Å². The average molecular weight is 274 g/mol. The number of hydrogen-bond acceptors (Lipinski definition) is 4. The fourth-order valence-electron chi connectivity index (χ4n) is 1.32. The number of nitrogen functional groups attached to an aromatic ring is 1. The molecule has 0 fully saturated rings. The van der Waals surface area contributed by atoms with Gasteiger partial charge in [-0.05, 0) is 18.2 Å². The molecular formula is C11H15FN2O3S. The van der Waals surface area contributed by atoms with Crippen molar-refractivity contribution in [3.63, 3.8) is 0 Å². The number of sulfone groups is 1. The van der Waals surface area contributed by atoms with Gasteiger partial charge in [0.25, 0.3) is 0 Å². The summed E-state index contributed by atoms with van der Waals surface area (Å²) < 4.78 is 37.2. The van der Waals surface area contributed by atoms with Gasteiger partial charge in [0.1, 0.15) is 10.7 Å². The quantitative estimate of drug-likeness (QED) is 0.818. The molecule has 100 valence electrons. The summed E-state index contributed by atoms with van der Waals surface area (Å²) in [7, 11) is -0.761. The second-order valence-corrected chi connectivity index (χ2v) is 6.12.